The van der Waals surface area contributed by atoms with Crippen LogP contribution in [0.25, 0.3) is 0 Å². The van der Waals surface area contributed by atoms with E-state index < -0.39 is 10.0 Å². The van der Waals surface area contributed by atoms with E-state index in [1.54, 1.807) is 0 Å². The van der Waals surface area contributed by atoms with Gasteiger partial charge in [0.15, 0.2) is 0 Å². The second kappa shape index (κ2) is 7.89. The van der Waals surface area contributed by atoms with Gasteiger partial charge in [-0.3, -0.25) is 0 Å². The molecular weight excluding hydrogens is 495 g/mol. The first-order valence-electron chi connectivity index (χ1n) is 9.43. The van der Waals surface area contributed by atoms with Gasteiger partial charge < -0.3 is 5.32 Å². The predicted octanol–water partition coefficient (Wildman–Crippen LogP) is 5.90. The van der Waals surface area contributed by atoms with Gasteiger partial charge in [0.05, 0.1) is 14.9 Å². The van der Waals surface area contributed by atoms with Crippen LogP contribution in [0.1, 0.15) is 31.2 Å². The van der Waals surface area contributed by atoms with E-state index >= 15 is 0 Å². The first-order valence-corrected chi connectivity index (χ1v) is 12.5. The molecule has 0 saturated heterocycles. The van der Waals surface area contributed by atoms with E-state index in [2.05, 4.69) is 44.7 Å². The Labute approximate surface area is 189 Å². The third-order valence-corrected chi connectivity index (χ3v) is 8.69. The molecule has 1 heterocycles. The molecule has 2 aromatic carbocycles. The Hall–Kier alpha value is -1.05. The fraction of sp³-hybridized carbons (Fsp3) is 0.333. The zero-order chi connectivity index (χ0) is 20.8. The van der Waals surface area contributed by atoms with Gasteiger partial charge in [-0.25, -0.2) is 13.1 Å². The summed E-state index contributed by atoms with van der Waals surface area (Å²) >= 11 is 15.5. The highest BCUT2D eigenvalue weighted by atomic mass is 79.9. The lowest BCUT2D eigenvalue weighted by atomic mass is 9.63. The van der Waals surface area contributed by atoms with Crippen LogP contribution in [0.5, 0.6) is 0 Å². The molecule has 2 N–H and O–H groups in total. The maximum atomic E-state index is 12.8. The first-order chi connectivity index (χ1) is 13.7. The molecule has 2 aromatic rings. The quantitative estimate of drug-likeness (QED) is 0.487. The number of fused-ring (bicyclic) bond motifs is 3. The highest BCUT2D eigenvalue weighted by Crippen LogP contribution is 2.53. The van der Waals surface area contributed by atoms with Gasteiger partial charge in [0.25, 0.3) is 0 Å². The molecule has 2 atom stereocenters. The van der Waals surface area contributed by atoms with Crippen LogP contribution >= 0.6 is 39.1 Å². The molecule has 8 heteroatoms. The normalized spacial score (nSPS) is 23.4. The molecule has 29 heavy (non-hydrogen) atoms. The fourth-order valence-electron chi connectivity index (χ4n) is 4.60. The number of anilines is 1. The van der Waals surface area contributed by atoms with Crippen molar-refractivity contribution in [1.82, 2.24) is 4.72 Å². The van der Waals surface area contributed by atoms with Crippen molar-refractivity contribution < 1.29 is 8.42 Å². The molecule has 1 fully saturated rings. The number of hydrogen-bond donors (Lipinski definition) is 2. The summed E-state index contributed by atoms with van der Waals surface area (Å²) in [6, 6.07) is 10.8. The van der Waals surface area contributed by atoms with E-state index in [-0.39, 0.29) is 21.4 Å². The summed E-state index contributed by atoms with van der Waals surface area (Å²) in [5, 5.41) is 4.18. The fourth-order valence-corrected chi connectivity index (χ4v) is 6.39. The maximum Gasteiger partial charge on any atom is 0.240 e. The van der Waals surface area contributed by atoms with E-state index in [0.29, 0.717) is 18.0 Å². The Balaban J connectivity index is 1.60. The highest BCUT2D eigenvalue weighted by molar-refractivity contribution is 9.10. The topological polar surface area (TPSA) is 58.2 Å². The lowest BCUT2D eigenvalue weighted by molar-refractivity contribution is 0.344. The molecule has 4 rings (SSSR count). The van der Waals surface area contributed by atoms with Gasteiger partial charge in [-0.2, -0.15) is 0 Å². The van der Waals surface area contributed by atoms with E-state index in [9.17, 15) is 8.42 Å². The van der Waals surface area contributed by atoms with Crippen molar-refractivity contribution in [3.05, 3.63) is 68.6 Å². The van der Waals surface area contributed by atoms with Crippen LogP contribution in [0.4, 0.5) is 5.69 Å². The SMILES string of the molecule is C=C1CCC[C@@H]2Nc3ccc(Br)cc3[C@]12CCNS(=O)(=O)c1ccc(Cl)c(Cl)c1. The van der Waals surface area contributed by atoms with Gasteiger partial charge >= 0.3 is 0 Å². The predicted molar refractivity (Wildman–Crippen MR) is 122 cm³/mol. The van der Waals surface area contributed by atoms with Gasteiger partial charge in [0.2, 0.25) is 10.0 Å². The van der Waals surface area contributed by atoms with Crippen molar-refractivity contribution in [2.24, 2.45) is 0 Å². The zero-order valence-corrected chi connectivity index (χ0v) is 19.6. The Morgan fingerprint density at radius 1 is 1.21 bits per heavy atom. The summed E-state index contributed by atoms with van der Waals surface area (Å²) in [5.74, 6) is 0. The Morgan fingerprint density at radius 2 is 2.00 bits per heavy atom. The molecule has 1 aliphatic carbocycles. The monoisotopic (exact) mass is 514 g/mol. The smallest absolute Gasteiger partial charge is 0.240 e. The molecule has 0 amide bonds. The molecule has 154 valence electrons. The van der Waals surface area contributed by atoms with Crippen molar-refractivity contribution in [3.63, 3.8) is 0 Å². The van der Waals surface area contributed by atoms with E-state index in [4.69, 9.17) is 23.2 Å². The van der Waals surface area contributed by atoms with Crippen molar-refractivity contribution in [2.45, 2.75) is 42.0 Å². The van der Waals surface area contributed by atoms with Gasteiger partial charge in [-0.1, -0.05) is 51.3 Å². The van der Waals surface area contributed by atoms with Crippen LogP contribution in [0.2, 0.25) is 10.0 Å². The molecular formula is C21H21BrCl2N2O2S. The minimum atomic E-state index is -3.69. The Bertz CT molecular complexity index is 1090. The number of halogens is 3. The summed E-state index contributed by atoms with van der Waals surface area (Å²) in [4.78, 5) is 0.108. The van der Waals surface area contributed by atoms with Gasteiger partial charge in [-0.05, 0) is 67.6 Å². The lowest BCUT2D eigenvalue weighted by Crippen LogP contribution is -2.45. The summed E-state index contributed by atoms with van der Waals surface area (Å²) in [7, 11) is -3.69. The molecule has 0 spiro atoms. The van der Waals surface area contributed by atoms with Crippen LogP contribution in [-0.4, -0.2) is 21.0 Å². The van der Waals surface area contributed by atoms with Crippen molar-refractivity contribution in [1.29, 1.82) is 0 Å². The third-order valence-electron chi connectivity index (χ3n) is 6.00. The van der Waals surface area contributed by atoms with Crippen molar-refractivity contribution in [2.75, 3.05) is 11.9 Å². The number of benzene rings is 2. The summed E-state index contributed by atoms with van der Waals surface area (Å²) in [6.07, 6.45) is 3.70. The van der Waals surface area contributed by atoms with Crippen molar-refractivity contribution in [3.8, 4) is 0 Å². The molecule has 1 saturated carbocycles. The molecule has 0 unspecified atom stereocenters. The summed E-state index contributed by atoms with van der Waals surface area (Å²) in [5.41, 5.74) is 3.17. The van der Waals surface area contributed by atoms with Gasteiger partial charge in [0, 0.05) is 28.2 Å². The Kier molecular flexibility index (Phi) is 5.77. The third kappa shape index (κ3) is 3.74. The molecule has 4 nitrogen and oxygen atoms in total. The van der Waals surface area contributed by atoms with Crippen molar-refractivity contribution >= 4 is 54.8 Å². The average molecular weight is 516 g/mol. The molecule has 2 aliphatic rings. The van der Waals surface area contributed by atoms with Gasteiger partial charge in [-0.15, -0.1) is 0 Å². The second-order valence-corrected chi connectivity index (χ2v) is 11.1. The van der Waals surface area contributed by atoms with Gasteiger partial charge in [0.1, 0.15) is 0 Å². The summed E-state index contributed by atoms with van der Waals surface area (Å²) in [6.45, 7) is 4.68. The minimum Gasteiger partial charge on any atom is -0.381 e. The molecule has 0 radical (unpaired) electrons. The molecule has 0 aromatic heterocycles. The standard InChI is InChI=1S/C21H21BrCl2N2O2S/c1-13-3-2-4-20-21(13,16-11-14(22)5-8-19(16)26-20)9-10-25-29(27,28)15-6-7-17(23)18(24)12-15/h5-8,11-12,20,25-26H,1-4,9-10H2/t20-,21-/m0/s1. The number of sulfonamides is 1. The van der Waals surface area contributed by atoms with E-state index in [0.717, 1.165) is 35.0 Å². The van der Waals surface area contributed by atoms with E-state index in [1.165, 1.54) is 23.8 Å². The maximum absolute atomic E-state index is 12.8. The molecule has 0 bridgehead atoms. The summed E-state index contributed by atoms with van der Waals surface area (Å²) < 4.78 is 29.2. The van der Waals surface area contributed by atoms with Crippen LogP contribution in [0.3, 0.4) is 0 Å². The van der Waals surface area contributed by atoms with Crippen LogP contribution < -0.4 is 10.0 Å². The van der Waals surface area contributed by atoms with Crippen LogP contribution in [0.15, 0.2) is 57.9 Å². The minimum absolute atomic E-state index is 0.108. The zero-order valence-electron chi connectivity index (χ0n) is 15.6. The van der Waals surface area contributed by atoms with E-state index in [1.807, 2.05) is 6.07 Å². The largest absolute Gasteiger partial charge is 0.381 e. The van der Waals surface area contributed by atoms with Crippen LogP contribution in [-0.2, 0) is 15.4 Å². The number of rotatable bonds is 5. The Morgan fingerprint density at radius 3 is 2.76 bits per heavy atom. The highest BCUT2D eigenvalue weighted by Gasteiger charge is 2.49. The number of nitrogens with one attached hydrogen (secondary N) is 2. The second-order valence-electron chi connectivity index (χ2n) is 7.58. The average Bonchev–Trinajstić information content (AvgIpc) is 2.99. The number of hydrogen-bond acceptors (Lipinski definition) is 3. The lowest BCUT2D eigenvalue weighted by Gasteiger charge is -2.42. The first kappa shape index (κ1) is 21.2. The molecule has 1 aliphatic heterocycles. The van der Waals surface area contributed by atoms with Crippen LogP contribution in [0, 0.1) is 0 Å².